The summed E-state index contributed by atoms with van der Waals surface area (Å²) in [7, 11) is 0. The number of carbonyl (C=O) groups excluding carboxylic acids is 1. The summed E-state index contributed by atoms with van der Waals surface area (Å²) in [5.41, 5.74) is 2.35. The quantitative estimate of drug-likeness (QED) is 0.866. The Bertz CT molecular complexity index is 678. The van der Waals surface area contributed by atoms with Gasteiger partial charge in [0, 0.05) is 38.4 Å². The van der Waals surface area contributed by atoms with Crippen LogP contribution in [0.25, 0.3) is 0 Å². The largest absolute Gasteiger partial charge is 0.333 e. The number of hydrogen-bond donors (Lipinski definition) is 1. The molecule has 0 spiro atoms. The van der Waals surface area contributed by atoms with Crippen molar-refractivity contribution in [3.8, 4) is 0 Å². The number of benzene rings is 1. The Hall–Kier alpha value is -1.91. The van der Waals surface area contributed by atoms with E-state index < -0.39 is 0 Å². The SMILES string of the molecule is CC(C)C(CC(=O)N1CCNCC1c1cccnc1)c1ccccc1.Cl. The van der Waals surface area contributed by atoms with Crippen LogP contribution in [-0.2, 0) is 4.79 Å². The Labute approximate surface area is 162 Å². The maximum atomic E-state index is 13.1. The number of carbonyl (C=O) groups is 1. The van der Waals surface area contributed by atoms with Crippen molar-refractivity contribution in [2.24, 2.45) is 5.92 Å². The van der Waals surface area contributed by atoms with Crippen molar-refractivity contribution in [1.82, 2.24) is 15.2 Å². The number of halogens is 1. The van der Waals surface area contributed by atoms with E-state index in [0.717, 1.165) is 25.2 Å². The second-order valence-corrected chi connectivity index (χ2v) is 7.06. The molecule has 5 heteroatoms. The fourth-order valence-corrected chi connectivity index (χ4v) is 3.62. The lowest BCUT2D eigenvalue weighted by atomic mass is 9.85. The minimum Gasteiger partial charge on any atom is -0.333 e. The molecule has 1 fully saturated rings. The first kappa shape index (κ1) is 20.4. The molecule has 0 radical (unpaired) electrons. The van der Waals surface area contributed by atoms with Crippen molar-refractivity contribution in [1.29, 1.82) is 0 Å². The summed E-state index contributed by atoms with van der Waals surface area (Å²) in [6.07, 6.45) is 4.20. The van der Waals surface area contributed by atoms with Crippen LogP contribution in [0.5, 0.6) is 0 Å². The van der Waals surface area contributed by atoms with Gasteiger partial charge in [0.05, 0.1) is 6.04 Å². The average Bonchev–Trinajstić information content (AvgIpc) is 2.67. The van der Waals surface area contributed by atoms with E-state index in [4.69, 9.17) is 0 Å². The maximum Gasteiger partial charge on any atom is 0.223 e. The van der Waals surface area contributed by atoms with Crippen LogP contribution in [0.2, 0.25) is 0 Å². The van der Waals surface area contributed by atoms with E-state index in [0.29, 0.717) is 12.3 Å². The lowest BCUT2D eigenvalue weighted by Crippen LogP contribution is -2.49. The van der Waals surface area contributed by atoms with Gasteiger partial charge in [-0.15, -0.1) is 12.4 Å². The van der Waals surface area contributed by atoms with Crippen molar-refractivity contribution in [2.45, 2.75) is 32.2 Å². The van der Waals surface area contributed by atoms with Crippen molar-refractivity contribution in [2.75, 3.05) is 19.6 Å². The third-order valence-electron chi connectivity index (χ3n) is 5.06. The predicted octanol–water partition coefficient (Wildman–Crippen LogP) is 3.81. The summed E-state index contributed by atoms with van der Waals surface area (Å²) in [6.45, 7) is 6.77. The van der Waals surface area contributed by atoms with Gasteiger partial charge in [-0.25, -0.2) is 0 Å². The van der Waals surface area contributed by atoms with E-state index in [-0.39, 0.29) is 30.3 Å². The van der Waals surface area contributed by atoms with Gasteiger partial charge < -0.3 is 10.2 Å². The number of nitrogens with zero attached hydrogens (tertiary/aromatic N) is 2. The first-order chi connectivity index (χ1) is 12.2. The third-order valence-corrected chi connectivity index (χ3v) is 5.06. The highest BCUT2D eigenvalue weighted by Gasteiger charge is 2.30. The Morgan fingerprint density at radius 2 is 2.00 bits per heavy atom. The van der Waals surface area contributed by atoms with E-state index in [2.05, 4.69) is 54.5 Å². The molecule has 1 aliphatic heterocycles. The molecular weight excluding hydrogens is 346 g/mol. The Morgan fingerprint density at radius 3 is 2.65 bits per heavy atom. The fraction of sp³-hybridized carbons (Fsp3) is 0.429. The minimum absolute atomic E-state index is 0. The standard InChI is InChI=1S/C21H27N3O.ClH/c1-16(2)19(17-7-4-3-5-8-17)13-21(25)24-12-11-23-15-20(24)18-9-6-10-22-14-18;/h3-10,14,16,19-20,23H,11-13,15H2,1-2H3;1H. The van der Waals surface area contributed by atoms with Crippen LogP contribution in [-0.4, -0.2) is 35.4 Å². The van der Waals surface area contributed by atoms with Gasteiger partial charge in [-0.05, 0) is 29.0 Å². The number of amides is 1. The molecule has 140 valence electrons. The van der Waals surface area contributed by atoms with Crippen LogP contribution in [0.1, 0.15) is 43.4 Å². The van der Waals surface area contributed by atoms with Gasteiger partial charge in [-0.2, -0.15) is 0 Å². The lowest BCUT2D eigenvalue weighted by Gasteiger charge is -2.37. The minimum atomic E-state index is 0. The van der Waals surface area contributed by atoms with Gasteiger partial charge in [0.15, 0.2) is 0 Å². The normalized spacial score (nSPS) is 18.3. The highest BCUT2D eigenvalue weighted by molar-refractivity contribution is 5.85. The van der Waals surface area contributed by atoms with Crippen molar-refractivity contribution >= 4 is 18.3 Å². The second kappa shape index (κ2) is 9.70. The summed E-state index contributed by atoms with van der Waals surface area (Å²) in [5.74, 6) is 0.905. The fourth-order valence-electron chi connectivity index (χ4n) is 3.62. The molecule has 1 N–H and O–H groups in total. The second-order valence-electron chi connectivity index (χ2n) is 7.06. The van der Waals surface area contributed by atoms with Gasteiger partial charge in [-0.3, -0.25) is 9.78 Å². The monoisotopic (exact) mass is 373 g/mol. The first-order valence-corrected chi connectivity index (χ1v) is 9.12. The molecule has 1 aliphatic rings. The van der Waals surface area contributed by atoms with Gasteiger partial charge in [-0.1, -0.05) is 50.2 Å². The molecule has 0 saturated carbocycles. The molecule has 1 aromatic heterocycles. The maximum absolute atomic E-state index is 13.1. The van der Waals surface area contributed by atoms with Crippen molar-refractivity contribution in [3.05, 3.63) is 66.0 Å². The predicted molar refractivity (Wildman–Crippen MR) is 107 cm³/mol. The molecule has 1 saturated heterocycles. The summed E-state index contributed by atoms with van der Waals surface area (Å²) in [4.78, 5) is 19.4. The van der Waals surface area contributed by atoms with Crippen LogP contribution in [0.3, 0.4) is 0 Å². The van der Waals surface area contributed by atoms with Crippen LogP contribution in [0.4, 0.5) is 0 Å². The average molecular weight is 374 g/mol. The number of nitrogens with one attached hydrogen (secondary N) is 1. The third kappa shape index (κ3) is 4.83. The molecular formula is C21H28ClN3O. The molecule has 1 aromatic carbocycles. The van der Waals surface area contributed by atoms with Gasteiger partial charge in [0.1, 0.15) is 0 Å². The van der Waals surface area contributed by atoms with E-state index in [1.54, 1.807) is 6.20 Å². The van der Waals surface area contributed by atoms with E-state index in [1.807, 2.05) is 23.2 Å². The van der Waals surface area contributed by atoms with Crippen molar-refractivity contribution in [3.63, 3.8) is 0 Å². The number of aromatic nitrogens is 1. The summed E-state index contributed by atoms with van der Waals surface area (Å²) < 4.78 is 0. The van der Waals surface area contributed by atoms with Crippen LogP contribution in [0.15, 0.2) is 54.9 Å². The molecule has 2 heterocycles. The highest BCUT2D eigenvalue weighted by Crippen LogP contribution is 2.30. The number of pyridine rings is 1. The molecule has 3 rings (SSSR count). The van der Waals surface area contributed by atoms with Crippen LogP contribution < -0.4 is 5.32 Å². The summed E-state index contributed by atoms with van der Waals surface area (Å²) in [5, 5.41) is 3.40. The number of hydrogen-bond acceptors (Lipinski definition) is 3. The molecule has 0 aliphatic carbocycles. The number of piperazine rings is 1. The van der Waals surface area contributed by atoms with Gasteiger partial charge in [0.2, 0.25) is 5.91 Å². The highest BCUT2D eigenvalue weighted by atomic mass is 35.5. The summed E-state index contributed by atoms with van der Waals surface area (Å²) >= 11 is 0. The zero-order valence-electron chi connectivity index (χ0n) is 15.5. The zero-order chi connectivity index (χ0) is 17.6. The Morgan fingerprint density at radius 1 is 1.23 bits per heavy atom. The molecule has 26 heavy (non-hydrogen) atoms. The van der Waals surface area contributed by atoms with Gasteiger partial charge >= 0.3 is 0 Å². The molecule has 4 nitrogen and oxygen atoms in total. The topological polar surface area (TPSA) is 45.2 Å². The molecule has 2 aromatic rings. The van der Waals surface area contributed by atoms with E-state index in [1.165, 1.54) is 5.56 Å². The van der Waals surface area contributed by atoms with E-state index in [9.17, 15) is 4.79 Å². The van der Waals surface area contributed by atoms with E-state index >= 15 is 0 Å². The van der Waals surface area contributed by atoms with Crippen LogP contribution >= 0.6 is 12.4 Å². The first-order valence-electron chi connectivity index (χ1n) is 9.12. The molecule has 2 unspecified atom stereocenters. The zero-order valence-corrected chi connectivity index (χ0v) is 16.3. The molecule has 0 bridgehead atoms. The van der Waals surface area contributed by atoms with Crippen LogP contribution in [0, 0.1) is 5.92 Å². The Kier molecular flexibility index (Phi) is 7.61. The smallest absolute Gasteiger partial charge is 0.223 e. The molecule has 2 atom stereocenters. The molecule has 1 amide bonds. The lowest BCUT2D eigenvalue weighted by molar-refractivity contribution is -0.135. The number of rotatable bonds is 5. The Balaban J connectivity index is 0.00000243. The van der Waals surface area contributed by atoms with Crippen molar-refractivity contribution < 1.29 is 4.79 Å². The summed E-state index contributed by atoms with van der Waals surface area (Å²) in [6, 6.07) is 14.5. The van der Waals surface area contributed by atoms with Gasteiger partial charge in [0.25, 0.3) is 0 Å².